The molecule has 30 heavy (non-hydrogen) atoms. The molecule has 2 aromatic heterocycles. The van der Waals surface area contributed by atoms with E-state index in [1.54, 1.807) is 0 Å². The van der Waals surface area contributed by atoms with Crippen LogP contribution in [-0.4, -0.2) is 20.7 Å². The number of para-hydroxylation sites is 1. The summed E-state index contributed by atoms with van der Waals surface area (Å²) in [5.41, 5.74) is 2.08. The van der Waals surface area contributed by atoms with Crippen LogP contribution in [0.25, 0.3) is 16.6 Å². The summed E-state index contributed by atoms with van der Waals surface area (Å²) in [6.07, 6.45) is -5.97. The maximum atomic E-state index is 13.5. The van der Waals surface area contributed by atoms with Gasteiger partial charge in [0.15, 0.2) is 5.69 Å². The minimum atomic E-state index is -5.00. The van der Waals surface area contributed by atoms with Crippen molar-refractivity contribution in [3.8, 4) is 5.69 Å². The molecule has 1 aliphatic rings. The van der Waals surface area contributed by atoms with E-state index < -0.39 is 35.0 Å². The molecule has 156 valence electrons. The van der Waals surface area contributed by atoms with Crippen LogP contribution in [0.3, 0.4) is 0 Å². The molecule has 2 N–H and O–H groups in total. The minimum absolute atomic E-state index is 0.150. The number of hydrogen-bond donors (Lipinski definition) is 1. The maximum absolute atomic E-state index is 13.5. The Morgan fingerprint density at radius 1 is 1.13 bits per heavy atom. The Morgan fingerprint density at radius 3 is 2.50 bits per heavy atom. The first-order valence-corrected chi connectivity index (χ1v) is 8.68. The van der Waals surface area contributed by atoms with E-state index in [1.165, 1.54) is 6.07 Å². The topological polar surface area (TPSA) is 73.8 Å². The maximum Gasteiger partial charge on any atom is 0.433 e. The smallest absolute Gasteiger partial charge is 0.364 e. The van der Waals surface area contributed by atoms with Crippen LogP contribution in [0.5, 0.6) is 0 Å². The van der Waals surface area contributed by atoms with Gasteiger partial charge in [0.05, 0.1) is 16.8 Å². The van der Waals surface area contributed by atoms with Gasteiger partial charge in [-0.2, -0.15) is 31.4 Å². The van der Waals surface area contributed by atoms with Crippen molar-refractivity contribution in [3.05, 3.63) is 58.9 Å². The highest BCUT2D eigenvalue weighted by Crippen LogP contribution is 2.39. The SMILES string of the molecule is NC(=O)c1nn(-c2cc(C(F)(F)F)nc3c(C(F)(F)F)cccc23)c2c1C[C]CC2. The molecule has 0 atom stereocenters. The number of carbonyl (C=O) groups is 1. The van der Waals surface area contributed by atoms with Gasteiger partial charge >= 0.3 is 12.4 Å². The van der Waals surface area contributed by atoms with Gasteiger partial charge in [0, 0.05) is 16.6 Å². The molecular weight excluding hydrogens is 414 g/mol. The Morgan fingerprint density at radius 2 is 1.87 bits per heavy atom. The second-order valence-electron chi connectivity index (χ2n) is 6.70. The molecule has 5 nitrogen and oxygen atoms in total. The zero-order valence-electron chi connectivity index (χ0n) is 15.0. The zero-order chi connectivity index (χ0) is 21.8. The number of alkyl halides is 6. The lowest BCUT2D eigenvalue weighted by molar-refractivity contribution is -0.142. The van der Waals surface area contributed by atoms with Gasteiger partial charge in [-0.05, 0) is 37.8 Å². The van der Waals surface area contributed by atoms with Gasteiger partial charge in [-0.1, -0.05) is 12.1 Å². The Hall–Kier alpha value is -3.11. The predicted molar refractivity (Wildman–Crippen MR) is 92.7 cm³/mol. The van der Waals surface area contributed by atoms with E-state index in [0.29, 0.717) is 36.2 Å². The van der Waals surface area contributed by atoms with Crippen molar-refractivity contribution in [1.82, 2.24) is 14.8 Å². The summed E-state index contributed by atoms with van der Waals surface area (Å²) in [4.78, 5) is 15.0. The van der Waals surface area contributed by atoms with E-state index in [4.69, 9.17) is 5.73 Å². The van der Waals surface area contributed by atoms with Crippen LogP contribution in [0.15, 0.2) is 24.3 Å². The van der Waals surface area contributed by atoms with Crippen molar-refractivity contribution < 1.29 is 31.1 Å². The molecule has 0 aliphatic heterocycles. The van der Waals surface area contributed by atoms with Gasteiger partial charge in [0.25, 0.3) is 5.91 Å². The highest BCUT2D eigenvalue weighted by Gasteiger charge is 2.38. The molecular formula is C19H12F6N4O. The fourth-order valence-corrected chi connectivity index (χ4v) is 3.53. The lowest BCUT2D eigenvalue weighted by atomic mass is 9.95. The van der Waals surface area contributed by atoms with Gasteiger partial charge in [-0.3, -0.25) is 4.79 Å². The number of benzene rings is 1. The van der Waals surface area contributed by atoms with Crippen molar-refractivity contribution >= 4 is 16.8 Å². The van der Waals surface area contributed by atoms with Crippen LogP contribution < -0.4 is 5.73 Å². The number of fused-ring (bicyclic) bond motifs is 2. The number of pyridine rings is 1. The molecule has 1 aromatic carbocycles. The number of rotatable bonds is 2. The number of nitrogens with zero attached hydrogens (tertiary/aromatic N) is 3. The summed E-state index contributed by atoms with van der Waals surface area (Å²) in [7, 11) is 0. The summed E-state index contributed by atoms with van der Waals surface area (Å²) in [5, 5.41) is 3.87. The fourth-order valence-electron chi connectivity index (χ4n) is 3.53. The average Bonchev–Trinajstić information content (AvgIpc) is 3.05. The van der Waals surface area contributed by atoms with E-state index >= 15 is 0 Å². The number of amides is 1. The highest BCUT2D eigenvalue weighted by atomic mass is 19.4. The van der Waals surface area contributed by atoms with Gasteiger partial charge in [-0.15, -0.1) is 0 Å². The Balaban J connectivity index is 2.11. The van der Waals surface area contributed by atoms with Gasteiger partial charge in [-0.25, -0.2) is 9.67 Å². The molecule has 0 spiro atoms. The molecule has 2 heterocycles. The number of nitrogens with two attached hydrogens (primary N) is 1. The first-order chi connectivity index (χ1) is 14.0. The molecule has 0 bridgehead atoms. The summed E-state index contributed by atoms with van der Waals surface area (Å²) in [6, 6.07) is 3.60. The van der Waals surface area contributed by atoms with E-state index in [1.807, 2.05) is 0 Å². The first kappa shape index (κ1) is 20.2. The molecule has 3 aromatic rings. The fraction of sp³-hybridized carbons (Fsp3) is 0.263. The van der Waals surface area contributed by atoms with Crippen LogP contribution in [0.1, 0.15) is 39.4 Å². The van der Waals surface area contributed by atoms with Crippen molar-refractivity contribution in [2.24, 2.45) is 5.73 Å². The second-order valence-corrected chi connectivity index (χ2v) is 6.70. The summed E-state index contributed by atoms with van der Waals surface area (Å²) < 4.78 is 81.8. The van der Waals surface area contributed by atoms with E-state index in [0.717, 1.165) is 10.7 Å². The number of halogens is 6. The van der Waals surface area contributed by atoms with Crippen molar-refractivity contribution in [2.45, 2.75) is 31.6 Å². The number of aromatic nitrogens is 3. The molecule has 1 aliphatic carbocycles. The first-order valence-electron chi connectivity index (χ1n) is 8.68. The normalized spacial score (nSPS) is 14.7. The molecule has 0 saturated heterocycles. The molecule has 11 heteroatoms. The van der Waals surface area contributed by atoms with Crippen molar-refractivity contribution in [1.29, 1.82) is 0 Å². The summed E-state index contributed by atoms with van der Waals surface area (Å²) in [6.45, 7) is 0. The largest absolute Gasteiger partial charge is 0.433 e. The summed E-state index contributed by atoms with van der Waals surface area (Å²) in [5.74, 6) is -0.890. The Kier molecular flexibility index (Phi) is 4.51. The number of carbonyl (C=O) groups excluding carboxylic acids is 1. The zero-order valence-corrected chi connectivity index (χ0v) is 15.0. The molecule has 4 rings (SSSR count). The van der Waals surface area contributed by atoms with Crippen LogP contribution in [0.4, 0.5) is 26.3 Å². The second kappa shape index (κ2) is 6.71. The Labute approximate surface area is 165 Å². The van der Waals surface area contributed by atoms with Crippen LogP contribution in [-0.2, 0) is 25.2 Å². The third-order valence-corrected chi connectivity index (χ3v) is 4.81. The molecule has 2 radical (unpaired) electrons. The van der Waals surface area contributed by atoms with Gasteiger partial charge < -0.3 is 5.73 Å². The Bertz CT molecular complexity index is 1160. The minimum Gasteiger partial charge on any atom is -0.364 e. The molecule has 0 fully saturated rings. The van der Waals surface area contributed by atoms with Crippen LogP contribution in [0.2, 0.25) is 0 Å². The van der Waals surface area contributed by atoms with Crippen LogP contribution >= 0.6 is 0 Å². The van der Waals surface area contributed by atoms with E-state index in [2.05, 4.69) is 16.5 Å². The predicted octanol–water partition coefficient (Wildman–Crippen LogP) is 4.13. The molecule has 0 unspecified atom stereocenters. The van der Waals surface area contributed by atoms with Gasteiger partial charge in [0.2, 0.25) is 0 Å². The monoisotopic (exact) mass is 426 g/mol. The van der Waals surface area contributed by atoms with Crippen molar-refractivity contribution in [2.75, 3.05) is 0 Å². The van der Waals surface area contributed by atoms with Crippen LogP contribution in [0, 0.1) is 6.42 Å². The lowest BCUT2D eigenvalue weighted by Gasteiger charge is -2.18. The lowest BCUT2D eigenvalue weighted by Crippen LogP contribution is -2.15. The number of hydrogen-bond acceptors (Lipinski definition) is 3. The standard InChI is InChI=1S/C19H12F6N4O/c20-18(21,22)11-6-3-5-10-13(8-14(19(23,24)25)27-15(10)11)29-12-7-2-1-4-9(12)16(28-29)17(26)30/h3,5-6,8H,2,4,7H2,(H2,26,30). The highest BCUT2D eigenvalue weighted by molar-refractivity contribution is 5.94. The number of primary amides is 1. The molecule has 1 amide bonds. The van der Waals surface area contributed by atoms with Crippen molar-refractivity contribution in [3.63, 3.8) is 0 Å². The quantitative estimate of drug-likeness (QED) is 0.627. The summed E-state index contributed by atoms with van der Waals surface area (Å²) >= 11 is 0. The van der Waals surface area contributed by atoms with E-state index in [9.17, 15) is 31.1 Å². The third kappa shape index (κ3) is 3.27. The van der Waals surface area contributed by atoms with Gasteiger partial charge in [0.1, 0.15) is 5.69 Å². The average molecular weight is 426 g/mol. The third-order valence-electron chi connectivity index (χ3n) is 4.81. The molecule has 0 saturated carbocycles. The van der Waals surface area contributed by atoms with E-state index in [-0.39, 0.29) is 23.2 Å².